The predicted octanol–water partition coefficient (Wildman–Crippen LogP) is 3.98. The van der Waals surface area contributed by atoms with Crippen LogP contribution in [-0.4, -0.2) is 25.5 Å². The van der Waals surface area contributed by atoms with E-state index in [0.29, 0.717) is 17.0 Å². The van der Waals surface area contributed by atoms with Crippen LogP contribution < -0.4 is 15.0 Å². The van der Waals surface area contributed by atoms with Gasteiger partial charge in [-0.1, -0.05) is 42.5 Å². The Kier molecular flexibility index (Phi) is 5.84. The second kappa shape index (κ2) is 8.67. The molecule has 0 fully saturated rings. The highest BCUT2D eigenvalue weighted by Crippen LogP contribution is 2.17. The first-order valence-corrected chi connectivity index (χ1v) is 8.54. The molecule has 0 saturated carbocycles. The number of hydrogen-bond acceptors (Lipinski definition) is 3. The summed E-state index contributed by atoms with van der Waals surface area (Å²) in [5.41, 5.74) is 1.83. The normalized spacial score (nSPS) is 10.1. The number of nitrogens with one attached hydrogen (secondary N) is 1. The van der Waals surface area contributed by atoms with Crippen LogP contribution in [0.15, 0.2) is 84.9 Å². The smallest absolute Gasteiger partial charge is 0.262 e. The van der Waals surface area contributed by atoms with E-state index in [-0.39, 0.29) is 18.4 Å². The number of benzene rings is 3. The van der Waals surface area contributed by atoms with Crippen molar-refractivity contribution in [1.29, 1.82) is 0 Å². The van der Waals surface area contributed by atoms with Crippen molar-refractivity contribution in [3.63, 3.8) is 0 Å². The van der Waals surface area contributed by atoms with Gasteiger partial charge in [0.15, 0.2) is 6.61 Å². The van der Waals surface area contributed by atoms with E-state index < -0.39 is 0 Å². The number of hydrogen-bond donors (Lipinski definition) is 1. The zero-order chi connectivity index (χ0) is 19.1. The number of ether oxygens (including phenoxy) is 1. The summed E-state index contributed by atoms with van der Waals surface area (Å²) in [4.78, 5) is 26.3. The molecule has 0 saturated heterocycles. The fourth-order valence-corrected chi connectivity index (χ4v) is 2.56. The van der Waals surface area contributed by atoms with Gasteiger partial charge in [0.1, 0.15) is 5.75 Å². The summed E-state index contributed by atoms with van der Waals surface area (Å²) < 4.78 is 5.43. The molecule has 136 valence electrons. The molecule has 2 amide bonds. The maximum absolute atomic E-state index is 12.7. The third kappa shape index (κ3) is 4.95. The minimum atomic E-state index is -0.292. The first-order chi connectivity index (χ1) is 13.1. The lowest BCUT2D eigenvalue weighted by Gasteiger charge is -2.17. The van der Waals surface area contributed by atoms with Crippen LogP contribution in [0.1, 0.15) is 10.4 Å². The van der Waals surface area contributed by atoms with Gasteiger partial charge in [0, 0.05) is 24.0 Å². The van der Waals surface area contributed by atoms with E-state index in [1.165, 1.54) is 0 Å². The van der Waals surface area contributed by atoms with E-state index in [1.54, 1.807) is 48.3 Å². The minimum absolute atomic E-state index is 0.105. The molecule has 0 aromatic heterocycles. The van der Waals surface area contributed by atoms with E-state index >= 15 is 0 Å². The topological polar surface area (TPSA) is 58.6 Å². The zero-order valence-electron chi connectivity index (χ0n) is 15.0. The Morgan fingerprint density at radius 3 is 2.26 bits per heavy atom. The van der Waals surface area contributed by atoms with Gasteiger partial charge in [-0.05, 0) is 42.5 Å². The summed E-state index contributed by atoms with van der Waals surface area (Å²) in [6, 6.07) is 25.4. The van der Waals surface area contributed by atoms with Crippen LogP contribution in [0.25, 0.3) is 0 Å². The Morgan fingerprint density at radius 2 is 1.56 bits per heavy atom. The molecule has 3 aromatic rings. The first kappa shape index (κ1) is 18.2. The molecule has 5 nitrogen and oxygen atoms in total. The Balaban J connectivity index is 1.63. The second-order valence-electron chi connectivity index (χ2n) is 5.93. The van der Waals surface area contributed by atoms with Crippen LogP contribution in [0.3, 0.4) is 0 Å². The van der Waals surface area contributed by atoms with Crippen molar-refractivity contribution >= 4 is 23.2 Å². The molecule has 0 aliphatic rings. The van der Waals surface area contributed by atoms with E-state index in [4.69, 9.17) is 4.74 Å². The highest BCUT2D eigenvalue weighted by Gasteiger charge is 2.14. The van der Waals surface area contributed by atoms with E-state index in [9.17, 15) is 9.59 Å². The van der Waals surface area contributed by atoms with Crippen LogP contribution >= 0.6 is 0 Å². The molecule has 1 N–H and O–H groups in total. The largest absolute Gasteiger partial charge is 0.484 e. The van der Waals surface area contributed by atoms with Crippen molar-refractivity contribution < 1.29 is 14.3 Å². The molecule has 0 unspecified atom stereocenters. The Hall–Kier alpha value is -3.60. The van der Waals surface area contributed by atoms with Crippen molar-refractivity contribution in [2.45, 2.75) is 0 Å². The third-order valence-electron chi connectivity index (χ3n) is 3.95. The number of para-hydroxylation sites is 2. The molecule has 3 rings (SSSR count). The molecule has 0 heterocycles. The zero-order valence-corrected chi connectivity index (χ0v) is 15.0. The summed E-state index contributed by atoms with van der Waals surface area (Å²) >= 11 is 0. The highest BCUT2D eigenvalue weighted by molar-refractivity contribution is 6.06. The molecule has 0 atom stereocenters. The van der Waals surface area contributed by atoms with Crippen molar-refractivity contribution in [3.05, 3.63) is 90.5 Å². The fourth-order valence-electron chi connectivity index (χ4n) is 2.56. The molecule has 5 heteroatoms. The molecule has 0 aliphatic heterocycles. The molecule has 0 spiro atoms. The summed E-state index contributed by atoms with van der Waals surface area (Å²) in [5.74, 6) is 0.179. The van der Waals surface area contributed by atoms with Crippen LogP contribution in [0.5, 0.6) is 5.75 Å². The minimum Gasteiger partial charge on any atom is -0.484 e. The monoisotopic (exact) mass is 360 g/mol. The van der Waals surface area contributed by atoms with Crippen molar-refractivity contribution in [2.75, 3.05) is 23.9 Å². The van der Waals surface area contributed by atoms with Gasteiger partial charge in [-0.3, -0.25) is 9.59 Å². The predicted molar refractivity (Wildman–Crippen MR) is 106 cm³/mol. The summed E-state index contributed by atoms with van der Waals surface area (Å²) in [6.45, 7) is -0.105. The first-order valence-electron chi connectivity index (χ1n) is 8.54. The second-order valence-corrected chi connectivity index (χ2v) is 5.93. The van der Waals surface area contributed by atoms with Gasteiger partial charge in [0.2, 0.25) is 0 Å². The average Bonchev–Trinajstić information content (AvgIpc) is 2.73. The van der Waals surface area contributed by atoms with Gasteiger partial charge < -0.3 is 15.0 Å². The molecule has 3 aromatic carbocycles. The van der Waals surface area contributed by atoms with Crippen molar-refractivity contribution in [1.82, 2.24) is 0 Å². The van der Waals surface area contributed by atoms with Gasteiger partial charge in [-0.2, -0.15) is 0 Å². The lowest BCUT2D eigenvalue weighted by Crippen LogP contribution is -2.26. The van der Waals surface area contributed by atoms with E-state index in [1.807, 2.05) is 48.5 Å². The van der Waals surface area contributed by atoms with Crippen molar-refractivity contribution in [3.8, 4) is 5.75 Å². The van der Waals surface area contributed by atoms with Crippen LogP contribution in [0.2, 0.25) is 0 Å². The SMILES string of the molecule is CN(C(=O)c1cccc(NC(=O)COc2ccccc2)c1)c1ccccc1. The molecule has 0 aliphatic carbocycles. The average molecular weight is 360 g/mol. The summed E-state index contributed by atoms with van der Waals surface area (Å²) in [7, 11) is 1.72. The van der Waals surface area contributed by atoms with Gasteiger partial charge in [-0.25, -0.2) is 0 Å². The Bertz CT molecular complexity index is 911. The van der Waals surface area contributed by atoms with Crippen molar-refractivity contribution in [2.24, 2.45) is 0 Å². The third-order valence-corrected chi connectivity index (χ3v) is 3.95. The standard InChI is InChI=1S/C22H20N2O3/c1-24(19-11-4-2-5-12-19)22(26)17-9-8-10-18(15-17)23-21(25)16-27-20-13-6-3-7-14-20/h2-15H,16H2,1H3,(H,23,25). The number of carbonyl (C=O) groups is 2. The van der Waals surface area contributed by atoms with Crippen LogP contribution in [-0.2, 0) is 4.79 Å². The summed E-state index contributed by atoms with van der Waals surface area (Å²) in [5, 5.41) is 2.75. The summed E-state index contributed by atoms with van der Waals surface area (Å²) in [6.07, 6.45) is 0. The Labute approximate surface area is 158 Å². The number of carbonyl (C=O) groups excluding carboxylic acids is 2. The number of rotatable bonds is 6. The molecule has 27 heavy (non-hydrogen) atoms. The van der Waals surface area contributed by atoms with E-state index in [0.717, 1.165) is 5.69 Å². The molecular formula is C22H20N2O3. The molecule has 0 bridgehead atoms. The maximum Gasteiger partial charge on any atom is 0.262 e. The quantitative estimate of drug-likeness (QED) is 0.723. The lowest BCUT2D eigenvalue weighted by molar-refractivity contribution is -0.118. The van der Waals surface area contributed by atoms with Gasteiger partial charge in [0.25, 0.3) is 11.8 Å². The Morgan fingerprint density at radius 1 is 0.889 bits per heavy atom. The van der Waals surface area contributed by atoms with Gasteiger partial charge >= 0.3 is 0 Å². The fraction of sp³-hybridized carbons (Fsp3) is 0.0909. The van der Waals surface area contributed by atoms with E-state index in [2.05, 4.69) is 5.32 Å². The lowest BCUT2D eigenvalue weighted by atomic mass is 10.1. The number of nitrogens with zero attached hydrogens (tertiary/aromatic N) is 1. The van der Waals surface area contributed by atoms with Crippen LogP contribution in [0, 0.1) is 0 Å². The maximum atomic E-state index is 12.7. The number of anilines is 2. The van der Waals surface area contributed by atoms with Gasteiger partial charge in [-0.15, -0.1) is 0 Å². The molecule has 0 radical (unpaired) electrons. The van der Waals surface area contributed by atoms with Gasteiger partial charge in [0.05, 0.1) is 0 Å². The highest BCUT2D eigenvalue weighted by atomic mass is 16.5. The van der Waals surface area contributed by atoms with Crippen LogP contribution in [0.4, 0.5) is 11.4 Å². The molecular weight excluding hydrogens is 340 g/mol. The number of amides is 2.